The van der Waals surface area contributed by atoms with Crippen LogP contribution >= 0.6 is 29.3 Å². The average Bonchev–Trinajstić information content (AvgIpc) is 2.02. The maximum atomic E-state index is 5.37. The van der Waals surface area contributed by atoms with Gasteiger partial charge in [-0.15, -0.1) is 0 Å². The van der Waals surface area contributed by atoms with E-state index in [9.17, 15) is 0 Å². The lowest BCUT2D eigenvalue weighted by atomic mass is 10.7. The summed E-state index contributed by atoms with van der Waals surface area (Å²) >= 11 is 10.7. The van der Waals surface area contributed by atoms with E-state index < -0.39 is 6.85 Å². The van der Waals surface area contributed by atoms with Crippen molar-refractivity contribution in [1.82, 2.24) is 0 Å². The van der Waals surface area contributed by atoms with Crippen LogP contribution in [0.25, 0.3) is 0 Å². The maximum Gasteiger partial charge on any atom is 0.225 e. The Morgan fingerprint density at radius 1 is 1.00 bits per heavy atom. The van der Waals surface area contributed by atoms with Crippen LogP contribution in [0.5, 0.6) is 0 Å². The highest BCUT2D eigenvalue weighted by molar-refractivity contribution is 8.00. The van der Waals surface area contributed by atoms with Crippen molar-refractivity contribution < 1.29 is 14.0 Å². The molecule has 0 heterocycles. The van der Waals surface area contributed by atoms with Gasteiger partial charge in [-0.3, -0.25) is 0 Å². The molecule has 0 aromatic carbocycles. The zero-order valence-corrected chi connectivity index (χ0v) is 9.37. The van der Waals surface area contributed by atoms with Crippen molar-refractivity contribution in [3.8, 4) is 0 Å². The van der Waals surface area contributed by atoms with E-state index in [4.69, 9.17) is 36.5 Å². The van der Waals surface area contributed by atoms with Gasteiger partial charge in [-0.1, -0.05) is 0 Å². The average molecular weight is 235 g/mol. The van der Waals surface area contributed by atoms with E-state index in [1.54, 1.807) is 0 Å². The molecule has 0 saturated carbocycles. The third kappa shape index (κ3) is 10.9. The van der Waals surface area contributed by atoms with Crippen LogP contribution in [0.3, 0.4) is 0 Å². The van der Waals surface area contributed by atoms with Crippen LogP contribution in [0.2, 0.25) is 0 Å². The van der Waals surface area contributed by atoms with Gasteiger partial charge in [0.25, 0.3) is 0 Å². The minimum atomic E-state index is -1.29. The van der Waals surface area contributed by atoms with Crippen LogP contribution in [0, 0.1) is 0 Å². The van der Waals surface area contributed by atoms with Gasteiger partial charge in [0.1, 0.15) is 0 Å². The van der Waals surface area contributed by atoms with E-state index in [2.05, 4.69) is 0 Å². The largest absolute Gasteiger partial charge is 0.379 e. The van der Waals surface area contributed by atoms with E-state index in [-0.39, 0.29) is 0 Å². The second-order valence-corrected chi connectivity index (χ2v) is 4.87. The van der Waals surface area contributed by atoms with E-state index in [0.717, 1.165) is 0 Å². The molecule has 0 aliphatic carbocycles. The number of hydrogen-bond donors (Lipinski definition) is 0. The first-order valence-corrected chi connectivity index (χ1v) is 6.74. The highest BCUT2D eigenvalue weighted by atomic mass is 35.9. The van der Waals surface area contributed by atoms with Gasteiger partial charge in [0.05, 0.1) is 26.4 Å². The minimum Gasteiger partial charge on any atom is -0.379 e. The van der Waals surface area contributed by atoms with Crippen molar-refractivity contribution in [2.24, 2.45) is 0 Å². The first kappa shape index (κ1) is 12.9. The van der Waals surface area contributed by atoms with Crippen LogP contribution in [-0.2, 0) is 14.0 Å². The summed E-state index contributed by atoms with van der Waals surface area (Å²) in [5, 5.41) is 0. The lowest BCUT2D eigenvalue weighted by molar-refractivity contribution is 0.0424. The molecule has 0 unspecified atom stereocenters. The molecule has 0 amide bonds. The summed E-state index contributed by atoms with van der Waals surface area (Å²) in [6.45, 7) is 3.51. The fraction of sp³-hybridized carbons (Fsp3) is 1.00. The van der Waals surface area contributed by atoms with Crippen LogP contribution in [0.4, 0.5) is 0 Å². The number of rotatable bonds is 8. The Hall–Kier alpha value is 0.890. The molecular weight excluding hydrogens is 222 g/mol. The van der Waals surface area contributed by atoms with E-state index in [1.165, 1.54) is 0 Å². The highest BCUT2D eigenvalue weighted by Gasteiger charge is 1.97. The Kier molecular flexibility index (Phi) is 10.7. The van der Waals surface area contributed by atoms with Crippen molar-refractivity contribution >= 4 is 29.3 Å². The summed E-state index contributed by atoms with van der Waals surface area (Å²) in [6, 6.07) is 0. The third-order valence-electron chi connectivity index (χ3n) is 0.993. The molecule has 0 saturated heterocycles. The van der Waals surface area contributed by atoms with E-state index >= 15 is 0 Å². The molecule has 0 spiro atoms. The Balaban J connectivity index is 2.82. The molecule has 0 aliphatic rings. The van der Waals surface area contributed by atoms with Gasteiger partial charge in [0, 0.05) is 6.61 Å². The molecule has 0 aromatic heterocycles. The van der Waals surface area contributed by atoms with Gasteiger partial charge in [-0.25, -0.2) is 0 Å². The summed E-state index contributed by atoms with van der Waals surface area (Å²) in [7, 11) is 0. The standard InChI is InChI=1S/C6H13Cl2O3P/c1-2-9-3-4-10-5-6-11-12(7)8/h2-6H2,1H3. The van der Waals surface area contributed by atoms with E-state index in [1.807, 2.05) is 6.92 Å². The summed E-state index contributed by atoms with van der Waals surface area (Å²) in [6.07, 6.45) is 0. The molecule has 0 radical (unpaired) electrons. The fourth-order valence-electron chi connectivity index (χ4n) is 0.529. The van der Waals surface area contributed by atoms with Crippen LogP contribution in [0.15, 0.2) is 0 Å². The Labute approximate surface area is 83.7 Å². The van der Waals surface area contributed by atoms with Gasteiger partial charge in [0.15, 0.2) is 0 Å². The minimum absolute atomic E-state index is 0.435. The fourth-order valence-corrected chi connectivity index (χ4v) is 1.16. The van der Waals surface area contributed by atoms with Crippen molar-refractivity contribution in [3.05, 3.63) is 0 Å². The first-order chi connectivity index (χ1) is 5.77. The topological polar surface area (TPSA) is 27.7 Å². The van der Waals surface area contributed by atoms with Crippen LogP contribution < -0.4 is 0 Å². The van der Waals surface area contributed by atoms with Crippen molar-refractivity contribution in [2.75, 3.05) is 33.0 Å². The summed E-state index contributed by atoms with van der Waals surface area (Å²) in [5.74, 6) is 0. The number of ether oxygens (including phenoxy) is 2. The SMILES string of the molecule is CCOCCOCCOP(Cl)Cl. The molecular formula is C6H13Cl2O3P. The summed E-state index contributed by atoms with van der Waals surface area (Å²) in [4.78, 5) is 0. The predicted octanol–water partition coefficient (Wildman–Crippen LogP) is 2.76. The van der Waals surface area contributed by atoms with Crippen LogP contribution in [0.1, 0.15) is 6.92 Å². The molecule has 74 valence electrons. The molecule has 12 heavy (non-hydrogen) atoms. The summed E-state index contributed by atoms with van der Waals surface area (Å²) < 4.78 is 15.1. The highest BCUT2D eigenvalue weighted by Crippen LogP contribution is 2.47. The van der Waals surface area contributed by atoms with Crippen molar-refractivity contribution in [2.45, 2.75) is 6.92 Å². The molecule has 0 aliphatic heterocycles. The maximum absolute atomic E-state index is 5.37. The lowest BCUT2D eigenvalue weighted by Gasteiger charge is -2.04. The van der Waals surface area contributed by atoms with Gasteiger partial charge in [-0.05, 0) is 29.4 Å². The number of halogens is 2. The van der Waals surface area contributed by atoms with Gasteiger partial charge < -0.3 is 14.0 Å². The van der Waals surface area contributed by atoms with Gasteiger partial charge in [0.2, 0.25) is 6.85 Å². The Morgan fingerprint density at radius 2 is 1.58 bits per heavy atom. The van der Waals surface area contributed by atoms with E-state index in [0.29, 0.717) is 33.0 Å². The van der Waals surface area contributed by atoms with Gasteiger partial charge >= 0.3 is 0 Å². The molecule has 0 bridgehead atoms. The normalized spacial score (nSPS) is 11.0. The zero-order valence-electron chi connectivity index (χ0n) is 6.96. The van der Waals surface area contributed by atoms with Crippen LogP contribution in [-0.4, -0.2) is 33.0 Å². The second-order valence-electron chi connectivity index (χ2n) is 1.84. The second kappa shape index (κ2) is 9.97. The molecule has 6 heteroatoms. The quantitative estimate of drug-likeness (QED) is 0.478. The monoisotopic (exact) mass is 234 g/mol. The zero-order chi connectivity index (χ0) is 9.23. The third-order valence-corrected chi connectivity index (χ3v) is 1.96. The molecule has 0 N–H and O–H groups in total. The molecule has 0 fully saturated rings. The van der Waals surface area contributed by atoms with Gasteiger partial charge in [-0.2, -0.15) is 0 Å². The molecule has 3 nitrogen and oxygen atoms in total. The van der Waals surface area contributed by atoms with Crippen molar-refractivity contribution in [1.29, 1.82) is 0 Å². The Morgan fingerprint density at radius 3 is 2.17 bits per heavy atom. The molecule has 0 aromatic rings. The summed E-state index contributed by atoms with van der Waals surface area (Å²) in [5.41, 5.74) is 0. The molecule has 0 rings (SSSR count). The van der Waals surface area contributed by atoms with Crippen molar-refractivity contribution in [3.63, 3.8) is 0 Å². The first-order valence-electron chi connectivity index (χ1n) is 3.67. The molecule has 0 atom stereocenters. The lowest BCUT2D eigenvalue weighted by Crippen LogP contribution is -2.07. The predicted molar refractivity (Wildman–Crippen MR) is 51.9 cm³/mol. The smallest absolute Gasteiger partial charge is 0.225 e. The number of hydrogen-bond acceptors (Lipinski definition) is 3. The Bertz CT molecular complexity index is 94.9.